The Kier molecular flexibility index (Phi) is 6.75. The van der Waals surface area contributed by atoms with E-state index in [4.69, 9.17) is 4.74 Å². The summed E-state index contributed by atoms with van der Waals surface area (Å²) in [7, 11) is 0. The number of carbonyl (C=O) groups excluding carboxylic acids is 1. The molecular formula is C25H27N3O2. The van der Waals surface area contributed by atoms with E-state index < -0.39 is 0 Å². The van der Waals surface area contributed by atoms with E-state index in [1.165, 1.54) is 0 Å². The molecule has 0 radical (unpaired) electrons. The summed E-state index contributed by atoms with van der Waals surface area (Å²) in [5, 5.41) is 5.47. The molecule has 1 aliphatic heterocycles. The van der Waals surface area contributed by atoms with E-state index in [1.54, 1.807) is 0 Å². The lowest BCUT2D eigenvalue weighted by molar-refractivity contribution is 0.0561. The second kappa shape index (κ2) is 10.1. The lowest BCUT2D eigenvalue weighted by Crippen LogP contribution is -2.58. The minimum atomic E-state index is -0.0784. The third kappa shape index (κ3) is 5.06. The number of amides is 1. The van der Waals surface area contributed by atoms with Gasteiger partial charge in [0, 0.05) is 37.7 Å². The smallest absolute Gasteiger partial charge is 0.266 e. The number of nitrogens with one attached hydrogen (secondary N) is 2. The Hall–Kier alpha value is -3.15. The molecule has 0 bridgehead atoms. The summed E-state index contributed by atoms with van der Waals surface area (Å²) in [5.74, 6) is 0.791. The highest BCUT2D eigenvalue weighted by molar-refractivity contribution is 6.00. The van der Waals surface area contributed by atoms with Gasteiger partial charge in [-0.05, 0) is 29.3 Å². The van der Waals surface area contributed by atoms with Crippen molar-refractivity contribution >= 4 is 5.91 Å². The number of hydrogen-bond donors (Lipinski definition) is 2. The predicted molar refractivity (Wildman–Crippen MR) is 119 cm³/mol. The first-order chi connectivity index (χ1) is 14.8. The van der Waals surface area contributed by atoms with Gasteiger partial charge < -0.3 is 10.1 Å². The van der Waals surface area contributed by atoms with Crippen molar-refractivity contribution in [2.45, 2.75) is 12.5 Å². The molecule has 1 aliphatic rings. The van der Waals surface area contributed by atoms with Crippen molar-refractivity contribution in [3.05, 3.63) is 90.5 Å². The van der Waals surface area contributed by atoms with Gasteiger partial charge in [0.1, 0.15) is 5.75 Å². The van der Waals surface area contributed by atoms with Gasteiger partial charge in [-0.3, -0.25) is 10.2 Å². The monoisotopic (exact) mass is 401 g/mol. The van der Waals surface area contributed by atoms with Gasteiger partial charge in [0.15, 0.2) is 0 Å². The first-order valence-electron chi connectivity index (χ1n) is 10.4. The van der Waals surface area contributed by atoms with Gasteiger partial charge in [0.2, 0.25) is 0 Å². The van der Waals surface area contributed by atoms with Gasteiger partial charge in [-0.1, -0.05) is 66.7 Å². The summed E-state index contributed by atoms with van der Waals surface area (Å²) in [6.45, 7) is 3.02. The average molecular weight is 402 g/mol. The molecule has 3 aromatic carbocycles. The summed E-state index contributed by atoms with van der Waals surface area (Å²) in [4.78, 5) is 13.1. The van der Waals surface area contributed by atoms with E-state index in [-0.39, 0.29) is 11.9 Å². The Morgan fingerprint density at radius 1 is 0.967 bits per heavy atom. The molecule has 1 fully saturated rings. The Bertz CT molecular complexity index is 947. The summed E-state index contributed by atoms with van der Waals surface area (Å²) < 4.78 is 5.86. The van der Waals surface area contributed by atoms with Crippen LogP contribution in [0.4, 0.5) is 0 Å². The number of nitrogens with zero attached hydrogens (tertiary/aromatic N) is 1. The maximum atomic E-state index is 13.1. The summed E-state index contributed by atoms with van der Waals surface area (Å²) in [6.07, 6.45) is 0.822. The van der Waals surface area contributed by atoms with Crippen molar-refractivity contribution in [2.75, 3.05) is 26.2 Å². The van der Waals surface area contributed by atoms with Gasteiger partial charge >= 0.3 is 0 Å². The molecule has 2 N–H and O–H groups in total. The molecule has 5 heteroatoms. The third-order valence-electron chi connectivity index (χ3n) is 5.31. The first-order valence-corrected chi connectivity index (χ1v) is 10.4. The topological polar surface area (TPSA) is 53.6 Å². The van der Waals surface area contributed by atoms with Crippen LogP contribution in [0.25, 0.3) is 11.1 Å². The predicted octanol–water partition coefficient (Wildman–Crippen LogP) is 3.74. The van der Waals surface area contributed by atoms with Crippen LogP contribution < -0.4 is 15.5 Å². The van der Waals surface area contributed by atoms with Crippen molar-refractivity contribution in [1.29, 1.82) is 0 Å². The lowest BCUT2D eigenvalue weighted by atomic mass is 9.99. The number of hydrogen-bond acceptors (Lipinski definition) is 4. The van der Waals surface area contributed by atoms with Gasteiger partial charge in [0.05, 0.1) is 6.61 Å². The number of para-hydroxylation sites is 1. The highest BCUT2D eigenvalue weighted by Gasteiger charge is 2.25. The van der Waals surface area contributed by atoms with Crippen LogP contribution in [0.2, 0.25) is 0 Å². The van der Waals surface area contributed by atoms with Crippen molar-refractivity contribution in [3.63, 3.8) is 0 Å². The van der Waals surface area contributed by atoms with Crippen molar-refractivity contribution in [2.24, 2.45) is 0 Å². The molecule has 154 valence electrons. The Morgan fingerprint density at radius 3 is 2.47 bits per heavy atom. The molecule has 5 nitrogen and oxygen atoms in total. The molecule has 3 aromatic rings. The molecule has 1 atom stereocenters. The largest absolute Gasteiger partial charge is 0.494 e. The first kappa shape index (κ1) is 20.1. The highest BCUT2D eigenvalue weighted by atomic mass is 16.5. The number of piperazine rings is 1. The lowest BCUT2D eigenvalue weighted by Gasteiger charge is -2.36. The number of hydrazine groups is 1. The molecule has 4 rings (SSSR count). The average Bonchev–Trinajstić information content (AvgIpc) is 2.81. The van der Waals surface area contributed by atoms with E-state index in [2.05, 4.69) is 15.8 Å². The molecule has 1 heterocycles. The van der Waals surface area contributed by atoms with Gasteiger partial charge in [-0.25, -0.2) is 5.01 Å². The van der Waals surface area contributed by atoms with Crippen LogP contribution in [-0.4, -0.2) is 43.2 Å². The van der Waals surface area contributed by atoms with E-state index >= 15 is 0 Å². The van der Waals surface area contributed by atoms with E-state index in [9.17, 15) is 4.79 Å². The van der Waals surface area contributed by atoms with Crippen molar-refractivity contribution in [1.82, 2.24) is 15.8 Å². The number of rotatable bonds is 7. The van der Waals surface area contributed by atoms with Crippen molar-refractivity contribution in [3.8, 4) is 16.9 Å². The van der Waals surface area contributed by atoms with Gasteiger partial charge in [-0.2, -0.15) is 0 Å². The maximum Gasteiger partial charge on any atom is 0.266 e. The van der Waals surface area contributed by atoms with Crippen LogP contribution in [-0.2, 0) is 0 Å². The standard InChI is InChI=1S/C25H27N3O2/c29-25(24-14-8-7-13-23(24)20-9-3-1-4-10-20)27-28-17-16-26-19-21(28)15-18-30-22-11-5-2-6-12-22/h1-14,21,26H,15-19H2,(H,27,29). The fourth-order valence-corrected chi connectivity index (χ4v) is 3.74. The van der Waals surface area contributed by atoms with Crippen LogP contribution in [0.3, 0.4) is 0 Å². The normalized spacial score (nSPS) is 16.7. The maximum absolute atomic E-state index is 13.1. The molecule has 0 spiro atoms. The molecule has 1 unspecified atom stereocenters. The Balaban J connectivity index is 1.41. The Morgan fingerprint density at radius 2 is 1.67 bits per heavy atom. The highest BCUT2D eigenvalue weighted by Crippen LogP contribution is 2.23. The third-order valence-corrected chi connectivity index (χ3v) is 5.31. The molecule has 30 heavy (non-hydrogen) atoms. The number of benzene rings is 3. The van der Waals surface area contributed by atoms with Crippen LogP contribution in [0.5, 0.6) is 5.75 Å². The van der Waals surface area contributed by atoms with E-state index in [0.29, 0.717) is 12.2 Å². The minimum Gasteiger partial charge on any atom is -0.494 e. The molecule has 1 amide bonds. The van der Waals surface area contributed by atoms with Crippen LogP contribution in [0.15, 0.2) is 84.9 Å². The second-order valence-corrected chi connectivity index (χ2v) is 7.35. The summed E-state index contributed by atoms with van der Waals surface area (Å²) in [5.41, 5.74) is 5.80. The zero-order valence-corrected chi connectivity index (χ0v) is 17.0. The Labute approximate surface area is 177 Å². The van der Waals surface area contributed by atoms with E-state index in [1.807, 2.05) is 84.9 Å². The van der Waals surface area contributed by atoms with E-state index in [0.717, 1.165) is 42.9 Å². The van der Waals surface area contributed by atoms with Crippen LogP contribution in [0.1, 0.15) is 16.8 Å². The quantitative estimate of drug-likeness (QED) is 0.633. The summed E-state index contributed by atoms with van der Waals surface area (Å²) >= 11 is 0. The fourth-order valence-electron chi connectivity index (χ4n) is 3.74. The second-order valence-electron chi connectivity index (χ2n) is 7.35. The van der Waals surface area contributed by atoms with Gasteiger partial charge in [-0.15, -0.1) is 0 Å². The summed E-state index contributed by atoms with van der Waals surface area (Å²) in [6, 6.07) is 27.8. The molecule has 0 saturated carbocycles. The molecule has 0 aliphatic carbocycles. The number of ether oxygens (including phenoxy) is 1. The van der Waals surface area contributed by atoms with Crippen LogP contribution in [0, 0.1) is 0 Å². The minimum absolute atomic E-state index is 0.0784. The fraction of sp³-hybridized carbons (Fsp3) is 0.240. The van der Waals surface area contributed by atoms with Gasteiger partial charge in [0.25, 0.3) is 5.91 Å². The van der Waals surface area contributed by atoms with Crippen LogP contribution >= 0.6 is 0 Å². The SMILES string of the molecule is O=C(NN1CCNCC1CCOc1ccccc1)c1ccccc1-c1ccccc1. The molecule has 1 saturated heterocycles. The van der Waals surface area contributed by atoms with Crippen molar-refractivity contribution < 1.29 is 9.53 Å². The zero-order valence-electron chi connectivity index (χ0n) is 17.0. The zero-order chi connectivity index (χ0) is 20.6. The number of carbonyl (C=O) groups is 1. The molecule has 0 aromatic heterocycles. The molecular weight excluding hydrogens is 374 g/mol.